The molecule has 0 amide bonds. The lowest BCUT2D eigenvalue weighted by molar-refractivity contribution is 0.139. The minimum Gasteiger partial charge on any atom is -0.424 e. The molecule has 3 heterocycles. The van der Waals surface area contributed by atoms with E-state index in [2.05, 4.69) is 20.1 Å². The van der Waals surface area contributed by atoms with Gasteiger partial charge in [0.15, 0.2) is 0 Å². The Hall–Kier alpha value is -1.79. The molecule has 2 fully saturated rings. The molecule has 0 bridgehead atoms. The SMILES string of the molecule is O[C@@H]1CN(Cc2nnc(C3CC3)o2)C[C@H]1Cc1ccccn1. The molecule has 1 aliphatic heterocycles. The highest BCUT2D eigenvalue weighted by Crippen LogP contribution is 2.39. The van der Waals surface area contributed by atoms with Gasteiger partial charge in [-0.05, 0) is 31.4 Å². The standard InChI is InChI=1S/C16H20N4O2/c21-14-9-20(8-12(14)7-13-3-1-2-6-17-13)10-15-18-19-16(22-15)11-4-5-11/h1-3,6,11-12,14,21H,4-5,7-10H2/t12-,14-/m1/s1. The van der Waals surface area contributed by atoms with Gasteiger partial charge in [0.05, 0.1) is 12.6 Å². The lowest BCUT2D eigenvalue weighted by Gasteiger charge is -2.13. The van der Waals surface area contributed by atoms with Gasteiger partial charge in [-0.3, -0.25) is 9.88 Å². The third-order valence-corrected chi connectivity index (χ3v) is 4.45. The van der Waals surface area contributed by atoms with Crippen LogP contribution in [0.5, 0.6) is 0 Å². The second-order valence-electron chi connectivity index (χ2n) is 6.36. The van der Waals surface area contributed by atoms with E-state index < -0.39 is 0 Å². The molecule has 22 heavy (non-hydrogen) atoms. The van der Waals surface area contributed by atoms with Crippen LogP contribution in [0.4, 0.5) is 0 Å². The van der Waals surface area contributed by atoms with Crippen LogP contribution < -0.4 is 0 Å². The Morgan fingerprint density at radius 3 is 2.91 bits per heavy atom. The van der Waals surface area contributed by atoms with E-state index in [0.717, 1.165) is 37.4 Å². The highest BCUT2D eigenvalue weighted by Gasteiger charge is 2.33. The molecule has 6 heteroatoms. The van der Waals surface area contributed by atoms with Crippen LogP contribution in [0, 0.1) is 5.92 Å². The van der Waals surface area contributed by atoms with E-state index in [1.807, 2.05) is 18.2 Å². The Morgan fingerprint density at radius 2 is 2.14 bits per heavy atom. The van der Waals surface area contributed by atoms with Crippen molar-refractivity contribution in [2.75, 3.05) is 13.1 Å². The second kappa shape index (κ2) is 5.78. The molecule has 1 saturated carbocycles. The zero-order valence-electron chi connectivity index (χ0n) is 12.4. The first kappa shape index (κ1) is 13.8. The number of aromatic nitrogens is 3. The van der Waals surface area contributed by atoms with Crippen molar-refractivity contribution in [3.8, 4) is 0 Å². The van der Waals surface area contributed by atoms with Crippen molar-refractivity contribution in [1.82, 2.24) is 20.1 Å². The lowest BCUT2D eigenvalue weighted by atomic mass is 10.00. The normalized spacial score (nSPS) is 25.7. The summed E-state index contributed by atoms with van der Waals surface area (Å²) in [6.07, 6.45) is 4.60. The Bertz CT molecular complexity index is 626. The van der Waals surface area contributed by atoms with Crippen LogP contribution in [-0.4, -0.2) is 44.4 Å². The molecule has 2 atom stereocenters. The number of likely N-dealkylation sites (tertiary alicyclic amines) is 1. The summed E-state index contributed by atoms with van der Waals surface area (Å²) in [6.45, 7) is 2.10. The van der Waals surface area contributed by atoms with Crippen molar-refractivity contribution in [3.05, 3.63) is 41.9 Å². The Kier molecular flexibility index (Phi) is 3.63. The zero-order chi connectivity index (χ0) is 14.9. The Balaban J connectivity index is 1.35. The van der Waals surface area contributed by atoms with Gasteiger partial charge in [-0.15, -0.1) is 10.2 Å². The van der Waals surface area contributed by atoms with Crippen molar-refractivity contribution >= 4 is 0 Å². The number of hydrogen-bond donors (Lipinski definition) is 1. The van der Waals surface area contributed by atoms with Crippen LogP contribution in [0.2, 0.25) is 0 Å². The van der Waals surface area contributed by atoms with Gasteiger partial charge in [0, 0.05) is 36.8 Å². The molecule has 0 unspecified atom stereocenters. The Labute approximate surface area is 129 Å². The number of rotatable bonds is 5. The fourth-order valence-electron chi connectivity index (χ4n) is 3.08. The van der Waals surface area contributed by atoms with E-state index in [4.69, 9.17) is 4.42 Å². The number of pyridine rings is 1. The predicted molar refractivity (Wildman–Crippen MR) is 79.0 cm³/mol. The second-order valence-corrected chi connectivity index (χ2v) is 6.36. The molecule has 2 aromatic rings. The summed E-state index contributed by atoms with van der Waals surface area (Å²) >= 11 is 0. The smallest absolute Gasteiger partial charge is 0.230 e. The van der Waals surface area contributed by atoms with Crippen molar-refractivity contribution in [3.63, 3.8) is 0 Å². The van der Waals surface area contributed by atoms with Gasteiger partial charge < -0.3 is 9.52 Å². The summed E-state index contributed by atoms with van der Waals surface area (Å²) in [5.74, 6) is 2.13. The third kappa shape index (κ3) is 3.03. The summed E-state index contributed by atoms with van der Waals surface area (Å²) in [5, 5.41) is 18.5. The van der Waals surface area contributed by atoms with Gasteiger partial charge in [-0.1, -0.05) is 6.07 Å². The minimum atomic E-state index is -0.326. The van der Waals surface area contributed by atoms with E-state index in [1.54, 1.807) is 6.20 Å². The average Bonchev–Trinajstić information content (AvgIpc) is 3.18. The number of β-amino-alcohol motifs (C(OH)–C–C–N with tert-alkyl or cyclic N) is 1. The maximum atomic E-state index is 10.3. The summed E-state index contributed by atoms with van der Waals surface area (Å²) in [4.78, 5) is 6.53. The molecule has 116 valence electrons. The van der Waals surface area contributed by atoms with Crippen LogP contribution in [0.25, 0.3) is 0 Å². The van der Waals surface area contributed by atoms with E-state index in [1.165, 1.54) is 0 Å². The topological polar surface area (TPSA) is 75.3 Å². The fourth-order valence-corrected chi connectivity index (χ4v) is 3.08. The molecule has 2 aliphatic rings. The van der Waals surface area contributed by atoms with E-state index in [-0.39, 0.29) is 12.0 Å². The van der Waals surface area contributed by atoms with Crippen molar-refractivity contribution in [2.45, 2.75) is 37.8 Å². The van der Waals surface area contributed by atoms with Gasteiger partial charge in [0.1, 0.15) is 0 Å². The number of aliphatic hydroxyl groups is 1. The molecule has 1 saturated heterocycles. The highest BCUT2D eigenvalue weighted by atomic mass is 16.4. The summed E-state index contributed by atoms with van der Waals surface area (Å²) in [7, 11) is 0. The molecular formula is C16H20N4O2. The maximum Gasteiger partial charge on any atom is 0.230 e. The van der Waals surface area contributed by atoms with Crippen LogP contribution in [0.1, 0.15) is 36.2 Å². The van der Waals surface area contributed by atoms with E-state index >= 15 is 0 Å². The third-order valence-electron chi connectivity index (χ3n) is 4.45. The first-order chi connectivity index (χ1) is 10.8. The molecule has 0 radical (unpaired) electrons. The number of aliphatic hydroxyl groups excluding tert-OH is 1. The molecule has 1 N–H and O–H groups in total. The summed E-state index contributed by atoms with van der Waals surface area (Å²) in [6, 6.07) is 5.91. The van der Waals surface area contributed by atoms with Gasteiger partial charge in [-0.25, -0.2) is 0 Å². The lowest BCUT2D eigenvalue weighted by Crippen LogP contribution is -2.21. The molecule has 4 rings (SSSR count). The van der Waals surface area contributed by atoms with Crippen molar-refractivity contribution in [1.29, 1.82) is 0 Å². The zero-order valence-corrected chi connectivity index (χ0v) is 12.4. The fraction of sp³-hybridized carbons (Fsp3) is 0.562. The first-order valence-electron chi connectivity index (χ1n) is 7.90. The average molecular weight is 300 g/mol. The molecular weight excluding hydrogens is 280 g/mol. The predicted octanol–water partition coefficient (Wildman–Crippen LogP) is 1.38. The highest BCUT2D eigenvalue weighted by molar-refractivity contribution is 5.06. The molecule has 0 spiro atoms. The van der Waals surface area contributed by atoms with Crippen LogP contribution >= 0.6 is 0 Å². The van der Waals surface area contributed by atoms with Gasteiger partial charge in [-0.2, -0.15) is 0 Å². The number of hydrogen-bond acceptors (Lipinski definition) is 6. The monoisotopic (exact) mass is 300 g/mol. The van der Waals surface area contributed by atoms with Crippen LogP contribution in [0.15, 0.2) is 28.8 Å². The van der Waals surface area contributed by atoms with Crippen LogP contribution in [-0.2, 0) is 13.0 Å². The van der Waals surface area contributed by atoms with Gasteiger partial charge in [0.2, 0.25) is 11.8 Å². The van der Waals surface area contributed by atoms with Crippen molar-refractivity contribution < 1.29 is 9.52 Å². The summed E-state index contributed by atoms with van der Waals surface area (Å²) in [5.41, 5.74) is 1.03. The minimum absolute atomic E-state index is 0.209. The van der Waals surface area contributed by atoms with E-state index in [0.29, 0.717) is 24.9 Å². The quantitative estimate of drug-likeness (QED) is 0.899. The van der Waals surface area contributed by atoms with Crippen molar-refractivity contribution in [2.24, 2.45) is 5.92 Å². The number of nitrogens with zero attached hydrogens (tertiary/aromatic N) is 4. The maximum absolute atomic E-state index is 10.3. The largest absolute Gasteiger partial charge is 0.424 e. The summed E-state index contributed by atoms with van der Waals surface area (Å²) < 4.78 is 5.70. The first-order valence-corrected chi connectivity index (χ1v) is 7.90. The molecule has 1 aliphatic carbocycles. The van der Waals surface area contributed by atoms with Gasteiger partial charge >= 0.3 is 0 Å². The van der Waals surface area contributed by atoms with Crippen LogP contribution in [0.3, 0.4) is 0 Å². The van der Waals surface area contributed by atoms with E-state index in [9.17, 15) is 5.11 Å². The Morgan fingerprint density at radius 1 is 1.23 bits per heavy atom. The molecule has 6 nitrogen and oxygen atoms in total. The molecule has 0 aromatic carbocycles. The molecule has 2 aromatic heterocycles. The van der Waals surface area contributed by atoms with Gasteiger partial charge in [0.25, 0.3) is 0 Å².